The van der Waals surface area contributed by atoms with Crippen molar-refractivity contribution in [3.63, 3.8) is 0 Å². The molecule has 5 nitrogen and oxygen atoms in total. The summed E-state index contributed by atoms with van der Waals surface area (Å²) >= 11 is 9.68. The topological polar surface area (TPSA) is 64.4 Å². The molecule has 0 fully saturated rings. The van der Waals surface area contributed by atoms with Gasteiger partial charge in [0, 0.05) is 15.7 Å². The molecule has 7 heteroatoms. The van der Waals surface area contributed by atoms with Crippen LogP contribution in [0, 0.1) is 13.8 Å². The summed E-state index contributed by atoms with van der Waals surface area (Å²) in [6, 6.07) is 16.8. The SMILES string of the molecule is Cc1cc(C)c(OCC(=O)Nc2ccc3oc(-c4cccc(Br)c4)nc3c2)c(Cl)c1. The number of fused-ring (bicyclic) bond motifs is 1. The van der Waals surface area contributed by atoms with Crippen molar-refractivity contribution in [3.05, 3.63) is 75.2 Å². The second-order valence-corrected chi connectivity index (χ2v) is 8.26. The van der Waals surface area contributed by atoms with Gasteiger partial charge >= 0.3 is 0 Å². The molecule has 1 aromatic heterocycles. The monoisotopic (exact) mass is 484 g/mol. The number of nitrogens with one attached hydrogen (secondary N) is 1. The molecule has 0 aliphatic rings. The van der Waals surface area contributed by atoms with Gasteiger partial charge in [-0.25, -0.2) is 4.98 Å². The first-order valence-electron chi connectivity index (χ1n) is 9.25. The molecule has 0 spiro atoms. The molecule has 0 radical (unpaired) electrons. The molecule has 0 unspecified atom stereocenters. The normalized spacial score (nSPS) is 10.9. The number of ether oxygens (including phenoxy) is 1. The van der Waals surface area contributed by atoms with E-state index in [1.54, 1.807) is 18.2 Å². The lowest BCUT2D eigenvalue weighted by molar-refractivity contribution is -0.118. The average molecular weight is 486 g/mol. The number of carbonyl (C=O) groups is 1. The van der Waals surface area contributed by atoms with Crippen LogP contribution in [0.5, 0.6) is 5.75 Å². The van der Waals surface area contributed by atoms with Gasteiger partial charge in [0.1, 0.15) is 11.3 Å². The Labute approximate surface area is 187 Å². The summed E-state index contributed by atoms with van der Waals surface area (Å²) in [4.78, 5) is 16.9. The van der Waals surface area contributed by atoms with Crippen LogP contribution in [-0.4, -0.2) is 17.5 Å². The van der Waals surface area contributed by atoms with Crippen LogP contribution in [-0.2, 0) is 4.79 Å². The zero-order valence-electron chi connectivity index (χ0n) is 16.3. The van der Waals surface area contributed by atoms with E-state index < -0.39 is 0 Å². The van der Waals surface area contributed by atoms with Crippen LogP contribution in [0.3, 0.4) is 0 Å². The van der Waals surface area contributed by atoms with Gasteiger partial charge in [-0.3, -0.25) is 4.79 Å². The molecule has 0 aliphatic carbocycles. The maximum absolute atomic E-state index is 12.3. The fourth-order valence-electron chi connectivity index (χ4n) is 3.17. The van der Waals surface area contributed by atoms with Crippen molar-refractivity contribution in [2.75, 3.05) is 11.9 Å². The third kappa shape index (κ3) is 4.50. The number of oxazole rings is 1. The number of hydrogen-bond acceptors (Lipinski definition) is 4. The van der Waals surface area contributed by atoms with E-state index in [1.807, 2.05) is 50.2 Å². The van der Waals surface area contributed by atoms with E-state index in [0.29, 0.717) is 33.4 Å². The van der Waals surface area contributed by atoms with Gasteiger partial charge < -0.3 is 14.5 Å². The first-order chi connectivity index (χ1) is 14.4. The number of hydrogen-bond donors (Lipinski definition) is 1. The van der Waals surface area contributed by atoms with Crippen molar-refractivity contribution in [2.24, 2.45) is 0 Å². The third-order valence-corrected chi connectivity index (χ3v) is 5.24. The molecule has 4 rings (SSSR count). The molecule has 0 atom stereocenters. The minimum atomic E-state index is -0.291. The number of aryl methyl sites for hydroxylation is 2. The minimum absolute atomic E-state index is 0.149. The molecule has 1 heterocycles. The third-order valence-electron chi connectivity index (χ3n) is 4.46. The fraction of sp³-hybridized carbons (Fsp3) is 0.130. The molecular weight excluding hydrogens is 468 g/mol. The molecule has 152 valence electrons. The van der Waals surface area contributed by atoms with Gasteiger partial charge in [0.2, 0.25) is 5.89 Å². The van der Waals surface area contributed by atoms with E-state index in [1.165, 1.54) is 0 Å². The highest BCUT2D eigenvalue weighted by Gasteiger charge is 2.12. The minimum Gasteiger partial charge on any atom is -0.482 e. The second-order valence-electron chi connectivity index (χ2n) is 6.94. The van der Waals surface area contributed by atoms with E-state index in [0.717, 1.165) is 21.2 Å². The Kier molecular flexibility index (Phi) is 5.79. The summed E-state index contributed by atoms with van der Waals surface area (Å²) in [5.74, 6) is 0.742. The van der Waals surface area contributed by atoms with Gasteiger partial charge in [-0.05, 0) is 67.4 Å². The van der Waals surface area contributed by atoms with Gasteiger partial charge in [-0.15, -0.1) is 0 Å². The Morgan fingerprint density at radius 3 is 2.77 bits per heavy atom. The molecule has 1 amide bonds. The predicted molar refractivity (Wildman–Crippen MR) is 122 cm³/mol. The Bertz CT molecular complexity index is 1230. The molecule has 3 aromatic carbocycles. The lowest BCUT2D eigenvalue weighted by Crippen LogP contribution is -2.20. The summed E-state index contributed by atoms with van der Waals surface area (Å²) in [6.07, 6.45) is 0. The number of nitrogens with zero attached hydrogens (tertiary/aromatic N) is 1. The molecule has 1 N–H and O–H groups in total. The quantitative estimate of drug-likeness (QED) is 0.348. The van der Waals surface area contributed by atoms with Crippen LogP contribution >= 0.6 is 27.5 Å². The molecular formula is C23H18BrClN2O3. The van der Waals surface area contributed by atoms with Crippen molar-refractivity contribution < 1.29 is 13.9 Å². The molecule has 0 aliphatic heterocycles. The first-order valence-corrected chi connectivity index (χ1v) is 10.4. The lowest BCUT2D eigenvalue weighted by atomic mass is 10.1. The van der Waals surface area contributed by atoms with Gasteiger partial charge in [-0.2, -0.15) is 0 Å². The Morgan fingerprint density at radius 1 is 1.17 bits per heavy atom. The van der Waals surface area contributed by atoms with Gasteiger partial charge in [-0.1, -0.05) is 39.7 Å². The first kappa shape index (κ1) is 20.4. The standard InChI is InChI=1S/C23H18BrClN2O3/c1-13-8-14(2)22(18(25)9-13)29-12-21(28)26-17-6-7-20-19(11-17)27-23(30-20)15-4-3-5-16(24)10-15/h3-11H,12H2,1-2H3,(H,26,28). The zero-order valence-corrected chi connectivity index (χ0v) is 18.7. The van der Waals surface area contributed by atoms with E-state index in [4.69, 9.17) is 20.8 Å². The predicted octanol–water partition coefficient (Wildman–Crippen LogP) is 6.55. The summed E-state index contributed by atoms with van der Waals surface area (Å²) < 4.78 is 12.4. The molecule has 0 bridgehead atoms. The smallest absolute Gasteiger partial charge is 0.262 e. The Hall–Kier alpha value is -2.83. The zero-order chi connectivity index (χ0) is 21.3. The number of carbonyl (C=O) groups excluding carboxylic acids is 1. The lowest BCUT2D eigenvalue weighted by Gasteiger charge is -2.12. The van der Waals surface area contributed by atoms with Crippen molar-refractivity contribution in [1.82, 2.24) is 4.98 Å². The molecule has 0 saturated carbocycles. The highest BCUT2D eigenvalue weighted by Crippen LogP contribution is 2.30. The summed E-state index contributed by atoms with van der Waals surface area (Å²) in [7, 11) is 0. The number of amides is 1. The van der Waals surface area contributed by atoms with Crippen molar-refractivity contribution in [1.29, 1.82) is 0 Å². The maximum atomic E-state index is 12.3. The maximum Gasteiger partial charge on any atom is 0.262 e. The van der Waals surface area contributed by atoms with E-state index in [2.05, 4.69) is 26.2 Å². The van der Waals surface area contributed by atoms with Crippen molar-refractivity contribution in [2.45, 2.75) is 13.8 Å². The molecule has 0 saturated heterocycles. The van der Waals surface area contributed by atoms with Crippen LogP contribution in [0.1, 0.15) is 11.1 Å². The van der Waals surface area contributed by atoms with Gasteiger partial charge in [0.25, 0.3) is 5.91 Å². The van der Waals surface area contributed by atoms with Gasteiger partial charge in [0.05, 0.1) is 5.02 Å². The average Bonchev–Trinajstić information content (AvgIpc) is 3.10. The number of rotatable bonds is 5. The van der Waals surface area contributed by atoms with Crippen LogP contribution in [0.2, 0.25) is 5.02 Å². The van der Waals surface area contributed by atoms with E-state index in [9.17, 15) is 4.79 Å². The van der Waals surface area contributed by atoms with E-state index in [-0.39, 0.29) is 12.5 Å². The number of halogens is 2. The summed E-state index contributed by atoms with van der Waals surface area (Å²) in [5, 5.41) is 3.31. The summed E-state index contributed by atoms with van der Waals surface area (Å²) in [5.41, 5.74) is 4.69. The van der Waals surface area contributed by atoms with Gasteiger partial charge in [0.15, 0.2) is 12.2 Å². The number of benzene rings is 3. The highest BCUT2D eigenvalue weighted by atomic mass is 79.9. The Morgan fingerprint density at radius 2 is 2.00 bits per heavy atom. The van der Waals surface area contributed by atoms with Crippen LogP contribution in [0.25, 0.3) is 22.6 Å². The highest BCUT2D eigenvalue weighted by molar-refractivity contribution is 9.10. The van der Waals surface area contributed by atoms with Crippen molar-refractivity contribution >= 4 is 50.2 Å². The summed E-state index contributed by atoms with van der Waals surface area (Å²) in [6.45, 7) is 3.70. The second kappa shape index (κ2) is 8.50. The van der Waals surface area contributed by atoms with Crippen LogP contribution < -0.4 is 10.1 Å². The number of anilines is 1. The molecule has 4 aromatic rings. The largest absolute Gasteiger partial charge is 0.482 e. The van der Waals surface area contributed by atoms with Crippen LogP contribution in [0.4, 0.5) is 5.69 Å². The van der Waals surface area contributed by atoms with E-state index >= 15 is 0 Å². The molecule has 30 heavy (non-hydrogen) atoms. The fourth-order valence-corrected chi connectivity index (χ4v) is 3.95. The Balaban J connectivity index is 1.47. The number of aromatic nitrogens is 1. The van der Waals surface area contributed by atoms with Crippen LogP contribution in [0.15, 0.2) is 63.5 Å². The van der Waals surface area contributed by atoms with Crippen molar-refractivity contribution in [3.8, 4) is 17.2 Å².